The molecule has 0 unspecified atom stereocenters. The van der Waals surface area contributed by atoms with Crippen LogP contribution in [-0.2, 0) is 5.41 Å². The summed E-state index contributed by atoms with van der Waals surface area (Å²) >= 11 is 0. The lowest BCUT2D eigenvalue weighted by molar-refractivity contribution is 0.786. The van der Waals surface area contributed by atoms with Gasteiger partial charge in [0.25, 0.3) is 0 Å². The molecule has 224 valence electrons. The maximum atomic E-state index is 10.5. The summed E-state index contributed by atoms with van der Waals surface area (Å²) in [6, 6.07) is 53.4. The maximum absolute atomic E-state index is 10.5. The summed E-state index contributed by atoms with van der Waals surface area (Å²) in [7, 11) is 0. The number of allylic oxidation sites excluding steroid dienone is 5. The van der Waals surface area contributed by atoms with Gasteiger partial charge in [-0.15, -0.1) is 0 Å². The molecule has 0 fully saturated rings. The minimum absolute atomic E-state index is 0.451. The van der Waals surface area contributed by atoms with Crippen LogP contribution in [0.4, 0.5) is 0 Å². The number of nitrogens with zero attached hydrogens (tertiary/aromatic N) is 2. The van der Waals surface area contributed by atoms with E-state index in [1.165, 1.54) is 22.3 Å². The smallest absolute Gasteiger partial charge is 0.100 e. The fourth-order valence-electron chi connectivity index (χ4n) is 7.92. The number of hydrogen-bond acceptors (Lipinski definition) is 2. The van der Waals surface area contributed by atoms with Gasteiger partial charge in [-0.1, -0.05) is 140 Å². The highest BCUT2D eigenvalue weighted by atomic mass is 14.5. The highest BCUT2D eigenvalue weighted by Crippen LogP contribution is 2.63. The van der Waals surface area contributed by atoms with Crippen LogP contribution in [0.5, 0.6) is 0 Å². The van der Waals surface area contributed by atoms with E-state index in [0.29, 0.717) is 11.1 Å². The molecular formula is C46H30N2. The molecule has 0 aliphatic heterocycles. The third-order valence-corrected chi connectivity index (χ3v) is 9.84. The van der Waals surface area contributed by atoms with E-state index >= 15 is 0 Å². The summed E-state index contributed by atoms with van der Waals surface area (Å²) in [6.07, 6.45) is 4.23. The first kappa shape index (κ1) is 29.0. The largest absolute Gasteiger partial charge is 0.192 e. The first-order chi connectivity index (χ1) is 23.6. The second-order valence-electron chi connectivity index (χ2n) is 12.3. The zero-order valence-electron chi connectivity index (χ0n) is 26.5. The van der Waals surface area contributed by atoms with Gasteiger partial charge in [-0.05, 0) is 86.3 Å². The van der Waals surface area contributed by atoms with Crippen LogP contribution >= 0.6 is 0 Å². The van der Waals surface area contributed by atoms with Crippen LogP contribution in [0.1, 0.15) is 34.7 Å². The third-order valence-electron chi connectivity index (χ3n) is 9.84. The molecule has 0 atom stereocenters. The molecule has 0 radical (unpaired) electrons. The maximum Gasteiger partial charge on any atom is 0.100 e. The van der Waals surface area contributed by atoms with E-state index in [-0.39, 0.29) is 0 Å². The normalized spacial score (nSPS) is 13.6. The van der Waals surface area contributed by atoms with Crippen LogP contribution < -0.4 is 0 Å². The topological polar surface area (TPSA) is 47.6 Å². The van der Waals surface area contributed by atoms with Gasteiger partial charge in [-0.3, -0.25) is 0 Å². The Bertz CT molecular complexity index is 2320. The van der Waals surface area contributed by atoms with Gasteiger partial charge in [0, 0.05) is 16.7 Å². The van der Waals surface area contributed by atoms with E-state index in [1.54, 1.807) is 0 Å². The Morgan fingerprint density at radius 1 is 0.562 bits per heavy atom. The molecule has 2 heteroatoms. The Morgan fingerprint density at radius 3 is 1.62 bits per heavy atom. The van der Waals surface area contributed by atoms with Crippen LogP contribution in [0, 0.1) is 22.7 Å². The minimum atomic E-state index is -0.628. The van der Waals surface area contributed by atoms with Crippen molar-refractivity contribution >= 4 is 5.57 Å². The standard InChI is InChI=1S/C46H30N2/c1-3-14-43-45(30(2)28-47)37-24-23-33(27-44(37)46(43)41-21-12-10-19-35(41)36-20-11-13-22-42(36)46)34-25-38(31-15-6-4-7-16-31)40(29-48)39(26-34)32-17-8-5-9-18-32/h3-27H,2H2,1H3/b14-3-. The van der Waals surface area contributed by atoms with Gasteiger partial charge in [0.1, 0.15) is 6.07 Å². The average Bonchev–Trinajstić information content (AvgIpc) is 3.61. The van der Waals surface area contributed by atoms with E-state index in [4.69, 9.17) is 0 Å². The van der Waals surface area contributed by atoms with E-state index in [1.807, 2.05) is 43.3 Å². The summed E-state index contributed by atoms with van der Waals surface area (Å²) in [5, 5.41) is 20.8. The summed E-state index contributed by atoms with van der Waals surface area (Å²) in [6.45, 7) is 6.29. The highest BCUT2D eigenvalue weighted by Gasteiger charge is 2.52. The summed E-state index contributed by atoms with van der Waals surface area (Å²) in [4.78, 5) is 0. The molecule has 2 aliphatic rings. The average molecular weight is 611 g/mol. The molecule has 0 aromatic heterocycles. The molecule has 8 rings (SSSR count). The van der Waals surface area contributed by atoms with Crippen LogP contribution in [0.15, 0.2) is 169 Å². The number of rotatable bonds is 5. The Labute approximate surface area is 281 Å². The lowest BCUT2D eigenvalue weighted by Crippen LogP contribution is -2.26. The van der Waals surface area contributed by atoms with Crippen LogP contribution in [0.3, 0.4) is 0 Å². The quantitative estimate of drug-likeness (QED) is 0.182. The SMILES string of the molecule is C=C(C#N)C1=C(/C=C\C)C2(c3cc(-c4cc(-c5ccccc5)c(C#N)c(-c5ccccc5)c4)ccc31)c1ccccc1-c1ccccc12. The molecule has 0 N–H and O–H groups in total. The monoisotopic (exact) mass is 610 g/mol. The second kappa shape index (κ2) is 11.4. The highest BCUT2D eigenvalue weighted by molar-refractivity contribution is 6.01. The van der Waals surface area contributed by atoms with E-state index in [9.17, 15) is 10.5 Å². The third kappa shape index (κ3) is 4.10. The number of hydrogen-bond donors (Lipinski definition) is 0. The molecule has 2 nitrogen and oxygen atoms in total. The zero-order chi connectivity index (χ0) is 32.8. The van der Waals surface area contributed by atoms with Gasteiger partial charge >= 0.3 is 0 Å². The Balaban J connectivity index is 1.46. The van der Waals surface area contributed by atoms with Crippen LogP contribution in [0.25, 0.3) is 50.1 Å². The van der Waals surface area contributed by atoms with Crippen molar-refractivity contribution < 1.29 is 0 Å². The lowest BCUT2D eigenvalue weighted by Gasteiger charge is -2.32. The molecule has 6 aromatic rings. The molecule has 0 bridgehead atoms. The number of benzene rings is 6. The van der Waals surface area contributed by atoms with Gasteiger partial charge in [-0.2, -0.15) is 10.5 Å². The molecular weight excluding hydrogens is 581 g/mol. The second-order valence-corrected chi connectivity index (χ2v) is 12.3. The first-order valence-corrected chi connectivity index (χ1v) is 16.1. The molecule has 2 aliphatic carbocycles. The Kier molecular flexibility index (Phi) is 6.87. The van der Waals surface area contributed by atoms with Gasteiger partial charge in [0.15, 0.2) is 0 Å². The number of nitriles is 2. The molecule has 0 saturated heterocycles. The van der Waals surface area contributed by atoms with Crippen molar-refractivity contribution in [1.82, 2.24) is 0 Å². The summed E-state index contributed by atoms with van der Waals surface area (Å²) in [5.74, 6) is 0. The fraction of sp³-hybridized carbons (Fsp3) is 0.0435. The van der Waals surface area contributed by atoms with Crippen molar-refractivity contribution in [3.8, 4) is 56.6 Å². The van der Waals surface area contributed by atoms with Crippen molar-refractivity contribution in [3.05, 3.63) is 197 Å². The molecule has 1 spiro atoms. The van der Waals surface area contributed by atoms with Gasteiger partial charge in [0.2, 0.25) is 0 Å². The van der Waals surface area contributed by atoms with E-state index in [2.05, 4.69) is 134 Å². The van der Waals surface area contributed by atoms with Crippen LogP contribution in [-0.4, -0.2) is 0 Å². The summed E-state index contributed by atoms with van der Waals surface area (Å²) < 4.78 is 0. The van der Waals surface area contributed by atoms with Crippen molar-refractivity contribution in [2.75, 3.05) is 0 Å². The predicted molar refractivity (Wildman–Crippen MR) is 196 cm³/mol. The molecule has 0 amide bonds. The van der Waals surface area contributed by atoms with Crippen LogP contribution in [0.2, 0.25) is 0 Å². The van der Waals surface area contributed by atoms with Crippen molar-refractivity contribution in [2.45, 2.75) is 12.3 Å². The first-order valence-electron chi connectivity index (χ1n) is 16.1. The molecule has 0 saturated carbocycles. The van der Waals surface area contributed by atoms with Crippen molar-refractivity contribution in [3.63, 3.8) is 0 Å². The zero-order valence-corrected chi connectivity index (χ0v) is 26.5. The fourth-order valence-corrected chi connectivity index (χ4v) is 7.92. The van der Waals surface area contributed by atoms with Gasteiger partial charge in [-0.25, -0.2) is 0 Å². The van der Waals surface area contributed by atoms with E-state index in [0.717, 1.165) is 55.7 Å². The van der Waals surface area contributed by atoms with Crippen molar-refractivity contribution in [2.24, 2.45) is 0 Å². The number of fused-ring (bicyclic) bond motifs is 7. The lowest BCUT2D eigenvalue weighted by atomic mass is 9.69. The molecule has 48 heavy (non-hydrogen) atoms. The van der Waals surface area contributed by atoms with E-state index < -0.39 is 5.41 Å². The van der Waals surface area contributed by atoms with Gasteiger partial charge < -0.3 is 0 Å². The Hall–Kier alpha value is -6.48. The molecule has 0 heterocycles. The summed E-state index contributed by atoms with van der Waals surface area (Å²) in [5.41, 5.74) is 15.2. The predicted octanol–water partition coefficient (Wildman–Crippen LogP) is 11.3. The molecule has 6 aromatic carbocycles. The Morgan fingerprint density at radius 2 is 1.10 bits per heavy atom. The van der Waals surface area contributed by atoms with Crippen molar-refractivity contribution in [1.29, 1.82) is 10.5 Å². The van der Waals surface area contributed by atoms with Gasteiger partial charge in [0.05, 0.1) is 22.6 Å². The minimum Gasteiger partial charge on any atom is -0.192 e.